The Bertz CT molecular complexity index is 432. The fourth-order valence-electron chi connectivity index (χ4n) is 1.30. The molecule has 0 saturated heterocycles. The van der Waals surface area contributed by atoms with Crippen LogP contribution in [0.4, 0.5) is 0 Å². The molecule has 4 heteroatoms. The van der Waals surface area contributed by atoms with Crippen LogP contribution in [0.1, 0.15) is 11.1 Å². The van der Waals surface area contributed by atoms with Crippen molar-refractivity contribution in [2.45, 2.75) is 0 Å². The van der Waals surface area contributed by atoms with Crippen LogP contribution in [0.25, 0.3) is 12.2 Å². The molecule has 1 aromatic carbocycles. The lowest BCUT2D eigenvalue weighted by Crippen LogP contribution is -1.93. The number of methoxy groups -OCH3 is 2. The van der Waals surface area contributed by atoms with Gasteiger partial charge < -0.3 is 9.47 Å². The maximum absolute atomic E-state index is 10.3. The van der Waals surface area contributed by atoms with Crippen molar-refractivity contribution in [1.82, 2.24) is 0 Å². The van der Waals surface area contributed by atoms with Crippen molar-refractivity contribution < 1.29 is 19.1 Å². The first-order chi connectivity index (χ1) is 7.76. The standard InChI is InChI=1S/C12H10O4/c1-15-11-7-10(4-6-14)12(16-2)8-9(11)3-5-13/h3-4,7-8H,1-2H3. The average Bonchev–Trinajstić information content (AvgIpc) is 2.31. The van der Waals surface area contributed by atoms with E-state index in [2.05, 4.69) is 0 Å². The molecule has 16 heavy (non-hydrogen) atoms. The lowest BCUT2D eigenvalue weighted by atomic mass is 10.1. The van der Waals surface area contributed by atoms with Crippen LogP contribution >= 0.6 is 0 Å². The molecule has 1 aromatic rings. The molecule has 0 aromatic heterocycles. The minimum Gasteiger partial charge on any atom is -0.496 e. The predicted octanol–water partition coefficient (Wildman–Crippen LogP) is 1.39. The summed E-state index contributed by atoms with van der Waals surface area (Å²) in [4.78, 5) is 20.6. The number of benzene rings is 1. The highest BCUT2D eigenvalue weighted by atomic mass is 16.5. The van der Waals surface area contributed by atoms with Crippen LogP contribution in [0.5, 0.6) is 11.5 Å². The fraction of sp³-hybridized carbons (Fsp3) is 0.167. The molecule has 0 unspecified atom stereocenters. The highest BCUT2D eigenvalue weighted by molar-refractivity contribution is 5.83. The minimum atomic E-state index is 0.464. The molecule has 0 aliphatic heterocycles. The second kappa shape index (κ2) is 5.56. The summed E-state index contributed by atoms with van der Waals surface area (Å²) < 4.78 is 10.1. The molecule has 0 spiro atoms. The van der Waals surface area contributed by atoms with Gasteiger partial charge in [0.2, 0.25) is 0 Å². The minimum absolute atomic E-state index is 0.464. The van der Waals surface area contributed by atoms with Crippen LogP contribution < -0.4 is 9.47 Å². The summed E-state index contributed by atoms with van der Waals surface area (Å²) in [5.41, 5.74) is 1.08. The third kappa shape index (κ3) is 2.39. The Hall–Kier alpha value is -2.28. The van der Waals surface area contributed by atoms with Crippen molar-refractivity contribution in [3.63, 3.8) is 0 Å². The number of ether oxygens (including phenoxy) is 2. The average molecular weight is 218 g/mol. The zero-order chi connectivity index (χ0) is 12.0. The predicted molar refractivity (Wildman–Crippen MR) is 59.9 cm³/mol. The summed E-state index contributed by atoms with van der Waals surface area (Å²) in [6, 6.07) is 3.18. The van der Waals surface area contributed by atoms with Gasteiger partial charge >= 0.3 is 0 Å². The summed E-state index contributed by atoms with van der Waals surface area (Å²) in [6.07, 6.45) is 2.46. The molecule has 0 saturated carbocycles. The summed E-state index contributed by atoms with van der Waals surface area (Å²) in [5.74, 6) is 4.25. The lowest BCUT2D eigenvalue weighted by molar-refractivity contribution is 0.401. The van der Waals surface area contributed by atoms with Crippen LogP contribution in [-0.2, 0) is 9.59 Å². The quantitative estimate of drug-likeness (QED) is 0.717. The van der Waals surface area contributed by atoms with Crippen LogP contribution in [0.15, 0.2) is 12.1 Å². The normalized spacial score (nSPS) is 8.62. The van der Waals surface area contributed by atoms with E-state index >= 15 is 0 Å². The highest BCUT2D eigenvalue weighted by Gasteiger charge is 2.08. The Morgan fingerprint density at radius 3 is 1.56 bits per heavy atom. The summed E-state index contributed by atoms with van der Waals surface area (Å²) in [5, 5.41) is 0. The van der Waals surface area contributed by atoms with E-state index in [0.717, 1.165) is 0 Å². The van der Waals surface area contributed by atoms with Gasteiger partial charge in [-0.15, -0.1) is 0 Å². The zero-order valence-corrected chi connectivity index (χ0v) is 8.94. The number of hydrogen-bond donors (Lipinski definition) is 0. The molecule has 0 atom stereocenters. The monoisotopic (exact) mass is 218 g/mol. The van der Waals surface area contributed by atoms with Gasteiger partial charge in [-0.3, -0.25) is 0 Å². The molecule has 0 N–H and O–H groups in total. The maximum atomic E-state index is 10.3. The van der Waals surface area contributed by atoms with Crippen molar-refractivity contribution in [2.75, 3.05) is 14.2 Å². The second-order valence-corrected chi connectivity index (χ2v) is 2.86. The molecule has 1 rings (SSSR count). The van der Waals surface area contributed by atoms with Crippen LogP contribution in [0.3, 0.4) is 0 Å². The van der Waals surface area contributed by atoms with Crippen molar-refractivity contribution in [1.29, 1.82) is 0 Å². The third-order valence-corrected chi connectivity index (χ3v) is 2.01. The molecule has 0 heterocycles. The van der Waals surface area contributed by atoms with E-state index in [9.17, 15) is 9.59 Å². The first-order valence-electron chi connectivity index (χ1n) is 4.44. The highest BCUT2D eigenvalue weighted by Crippen LogP contribution is 2.29. The van der Waals surface area contributed by atoms with E-state index in [4.69, 9.17) is 9.47 Å². The van der Waals surface area contributed by atoms with E-state index < -0.39 is 0 Å². The van der Waals surface area contributed by atoms with Crippen molar-refractivity contribution in [3.05, 3.63) is 23.3 Å². The summed E-state index contributed by atoms with van der Waals surface area (Å²) >= 11 is 0. The van der Waals surface area contributed by atoms with E-state index in [1.807, 2.05) is 0 Å². The van der Waals surface area contributed by atoms with Crippen molar-refractivity contribution >= 4 is 24.0 Å². The molecule has 0 aliphatic rings. The number of carbonyl (C=O) groups excluding carboxylic acids is 2. The molecule has 82 valence electrons. The Morgan fingerprint density at radius 2 is 1.31 bits per heavy atom. The summed E-state index contributed by atoms with van der Waals surface area (Å²) in [7, 11) is 2.94. The molecule has 0 aliphatic carbocycles. The zero-order valence-electron chi connectivity index (χ0n) is 8.94. The van der Waals surface area contributed by atoms with E-state index in [1.165, 1.54) is 26.4 Å². The van der Waals surface area contributed by atoms with Gasteiger partial charge in [0.25, 0.3) is 0 Å². The maximum Gasteiger partial charge on any atom is 0.127 e. The largest absolute Gasteiger partial charge is 0.496 e. The number of rotatable bonds is 4. The first-order valence-corrected chi connectivity index (χ1v) is 4.44. The summed E-state index contributed by atoms with van der Waals surface area (Å²) in [6.45, 7) is 0. The smallest absolute Gasteiger partial charge is 0.127 e. The van der Waals surface area contributed by atoms with Gasteiger partial charge in [-0.25, -0.2) is 9.59 Å². The van der Waals surface area contributed by atoms with Crippen LogP contribution in [0.2, 0.25) is 0 Å². The lowest BCUT2D eigenvalue weighted by Gasteiger charge is -2.09. The molecule has 4 nitrogen and oxygen atoms in total. The first kappa shape index (κ1) is 11.8. The Morgan fingerprint density at radius 1 is 0.938 bits per heavy atom. The second-order valence-electron chi connectivity index (χ2n) is 2.86. The Labute approximate surface area is 92.8 Å². The third-order valence-electron chi connectivity index (χ3n) is 2.01. The fourth-order valence-corrected chi connectivity index (χ4v) is 1.30. The molecular formula is C12H10O4. The van der Waals surface area contributed by atoms with Gasteiger partial charge in [0.15, 0.2) is 0 Å². The molecule has 0 fully saturated rings. The van der Waals surface area contributed by atoms with Gasteiger partial charge in [-0.1, -0.05) is 0 Å². The van der Waals surface area contributed by atoms with Gasteiger partial charge in [0.1, 0.15) is 23.4 Å². The van der Waals surface area contributed by atoms with Crippen molar-refractivity contribution in [2.24, 2.45) is 0 Å². The van der Waals surface area contributed by atoms with E-state index in [1.54, 1.807) is 24.0 Å². The van der Waals surface area contributed by atoms with E-state index in [0.29, 0.717) is 22.6 Å². The Balaban J connectivity index is 3.44. The molecule has 0 amide bonds. The van der Waals surface area contributed by atoms with Gasteiger partial charge in [-0.2, -0.15) is 0 Å². The Kier molecular flexibility index (Phi) is 4.10. The molecule has 0 bridgehead atoms. The van der Waals surface area contributed by atoms with Gasteiger partial charge in [-0.05, 0) is 12.1 Å². The van der Waals surface area contributed by atoms with Crippen LogP contribution in [0, 0.1) is 0 Å². The van der Waals surface area contributed by atoms with Gasteiger partial charge in [0.05, 0.1) is 14.2 Å². The van der Waals surface area contributed by atoms with Crippen LogP contribution in [-0.4, -0.2) is 26.1 Å². The van der Waals surface area contributed by atoms with E-state index in [-0.39, 0.29) is 0 Å². The van der Waals surface area contributed by atoms with Gasteiger partial charge in [0, 0.05) is 23.3 Å². The molecule has 0 radical (unpaired) electrons. The SMILES string of the molecule is COc1cc(C=C=O)c(OC)cc1C=C=O. The molecular weight excluding hydrogens is 208 g/mol. The number of hydrogen-bond acceptors (Lipinski definition) is 4. The topological polar surface area (TPSA) is 52.6 Å². The van der Waals surface area contributed by atoms with Crippen molar-refractivity contribution in [3.8, 4) is 11.5 Å².